The number of hydrogen-bond acceptors (Lipinski definition) is 7. The lowest BCUT2D eigenvalue weighted by Gasteiger charge is -2.63. The van der Waals surface area contributed by atoms with Crippen LogP contribution in [-0.4, -0.2) is 40.5 Å². The molecule has 4 aliphatic carbocycles. The van der Waals surface area contributed by atoms with Crippen LogP contribution >= 0.6 is 0 Å². The standard InChI is InChI=1S/C35H53NO7/c1-21(2)18-28(36-31(39)43-32(3,4)5)30(38)42-24-12-15-33(6)23(19-24)9-10-27-26(33)13-16-34(7)25(14-17-35(27,34)40)22-8-11-29(37)41-20-22/h8,11,20-21,23-28,40H,9-10,12-19H2,1-7H3,(H,36,39)/t23-,24+,25-,26+,27-,28+,33+,34-,35+/m1/s1. The van der Waals surface area contributed by atoms with Crippen LogP contribution in [-0.2, 0) is 14.3 Å². The van der Waals surface area contributed by atoms with Crippen molar-refractivity contribution < 1.29 is 28.6 Å². The molecule has 1 amide bonds. The molecule has 2 N–H and O–H groups in total. The quantitative estimate of drug-likeness (QED) is 0.348. The van der Waals surface area contributed by atoms with E-state index in [0.717, 1.165) is 63.4 Å². The monoisotopic (exact) mass is 599 g/mol. The molecule has 0 unspecified atom stereocenters. The molecular weight excluding hydrogens is 546 g/mol. The van der Waals surface area contributed by atoms with Crippen molar-refractivity contribution in [3.05, 3.63) is 34.4 Å². The summed E-state index contributed by atoms with van der Waals surface area (Å²) in [5.41, 5.74) is -0.872. The Labute approximate surface area is 256 Å². The first-order chi connectivity index (χ1) is 20.1. The van der Waals surface area contributed by atoms with Crippen LogP contribution in [0.25, 0.3) is 0 Å². The van der Waals surface area contributed by atoms with Gasteiger partial charge in [-0.3, -0.25) is 0 Å². The summed E-state index contributed by atoms with van der Waals surface area (Å²) in [6.45, 7) is 14.1. The molecule has 8 heteroatoms. The molecule has 4 aliphatic rings. The molecule has 0 spiro atoms. The highest BCUT2D eigenvalue weighted by atomic mass is 16.6. The maximum atomic E-state index is 13.3. The number of nitrogens with one attached hydrogen (secondary N) is 1. The fourth-order valence-electron chi connectivity index (χ4n) is 9.78. The van der Waals surface area contributed by atoms with Gasteiger partial charge in [0.2, 0.25) is 0 Å². The van der Waals surface area contributed by atoms with Crippen molar-refractivity contribution in [2.24, 2.45) is 34.5 Å². The van der Waals surface area contributed by atoms with E-state index >= 15 is 0 Å². The van der Waals surface area contributed by atoms with Gasteiger partial charge in [0.15, 0.2) is 0 Å². The van der Waals surface area contributed by atoms with Gasteiger partial charge in [0, 0.05) is 11.5 Å². The molecule has 1 aromatic heterocycles. The highest BCUT2D eigenvalue weighted by Crippen LogP contribution is 2.70. The molecule has 240 valence electrons. The Morgan fingerprint density at radius 1 is 1.05 bits per heavy atom. The molecule has 4 fully saturated rings. The van der Waals surface area contributed by atoms with Gasteiger partial charge in [-0.2, -0.15) is 0 Å². The van der Waals surface area contributed by atoms with Crippen molar-refractivity contribution >= 4 is 12.1 Å². The first-order valence-electron chi connectivity index (χ1n) is 16.6. The molecule has 5 rings (SSSR count). The summed E-state index contributed by atoms with van der Waals surface area (Å²) < 4.78 is 16.7. The second kappa shape index (κ2) is 11.5. The van der Waals surface area contributed by atoms with E-state index in [4.69, 9.17) is 13.9 Å². The Balaban J connectivity index is 1.25. The number of ether oxygens (including phenoxy) is 2. The van der Waals surface area contributed by atoms with Gasteiger partial charge in [0.05, 0.1) is 11.9 Å². The highest BCUT2D eigenvalue weighted by molar-refractivity contribution is 5.81. The van der Waals surface area contributed by atoms with E-state index in [1.165, 1.54) is 6.07 Å². The van der Waals surface area contributed by atoms with E-state index in [1.807, 2.05) is 19.9 Å². The van der Waals surface area contributed by atoms with Crippen molar-refractivity contribution in [1.82, 2.24) is 5.32 Å². The van der Waals surface area contributed by atoms with E-state index < -0.39 is 23.3 Å². The van der Waals surface area contributed by atoms with Gasteiger partial charge >= 0.3 is 17.7 Å². The fourth-order valence-corrected chi connectivity index (χ4v) is 9.78. The normalized spacial score (nSPS) is 37.9. The molecular formula is C35H53NO7. The molecule has 9 atom stereocenters. The van der Waals surface area contributed by atoms with Crippen molar-refractivity contribution in [1.29, 1.82) is 0 Å². The van der Waals surface area contributed by atoms with Crippen LogP contribution < -0.4 is 10.9 Å². The van der Waals surface area contributed by atoms with Crippen LogP contribution in [0.4, 0.5) is 4.79 Å². The van der Waals surface area contributed by atoms with Crippen molar-refractivity contribution in [3.63, 3.8) is 0 Å². The number of rotatable bonds is 6. The Morgan fingerprint density at radius 2 is 1.79 bits per heavy atom. The third kappa shape index (κ3) is 6.02. The van der Waals surface area contributed by atoms with Gasteiger partial charge < -0.3 is 24.3 Å². The summed E-state index contributed by atoms with van der Waals surface area (Å²) in [5, 5.41) is 15.3. The van der Waals surface area contributed by atoms with Crippen LogP contribution in [0.15, 0.2) is 27.6 Å². The Morgan fingerprint density at radius 3 is 2.44 bits per heavy atom. The van der Waals surface area contributed by atoms with Crippen molar-refractivity contribution in [2.75, 3.05) is 0 Å². The number of hydrogen-bond donors (Lipinski definition) is 2. The molecule has 43 heavy (non-hydrogen) atoms. The third-order valence-corrected chi connectivity index (χ3v) is 11.9. The molecule has 0 saturated heterocycles. The van der Waals surface area contributed by atoms with Gasteiger partial charge in [0.1, 0.15) is 17.7 Å². The van der Waals surface area contributed by atoms with E-state index in [2.05, 4.69) is 19.2 Å². The topological polar surface area (TPSA) is 115 Å². The maximum Gasteiger partial charge on any atom is 0.408 e. The van der Waals surface area contributed by atoms with Gasteiger partial charge in [-0.15, -0.1) is 0 Å². The van der Waals surface area contributed by atoms with Crippen LogP contribution in [0.3, 0.4) is 0 Å². The Kier molecular flexibility index (Phi) is 8.60. The fraction of sp³-hybridized carbons (Fsp3) is 0.800. The lowest BCUT2D eigenvalue weighted by atomic mass is 9.43. The molecule has 4 saturated carbocycles. The predicted molar refractivity (Wildman–Crippen MR) is 163 cm³/mol. The molecule has 1 heterocycles. The average molecular weight is 600 g/mol. The number of alkyl carbamates (subject to hydrolysis) is 1. The largest absolute Gasteiger partial charge is 0.461 e. The lowest BCUT2D eigenvalue weighted by molar-refractivity contribution is -0.207. The minimum atomic E-state index is -0.745. The number of carbonyl (C=O) groups excluding carboxylic acids is 2. The SMILES string of the molecule is CC(C)C[C@H](NC(=O)OC(C)(C)C)C(=O)O[C@H]1CC[C@@]2(C)[C@H](CC[C@@H]3[C@@H]2CC[C@]2(C)[C@@H](c4ccc(=O)oc4)CC[C@]32O)C1. The first kappa shape index (κ1) is 32.1. The van der Waals surface area contributed by atoms with Crippen LogP contribution in [0, 0.1) is 34.5 Å². The van der Waals surface area contributed by atoms with Gasteiger partial charge in [-0.25, -0.2) is 14.4 Å². The van der Waals surface area contributed by atoms with Crippen molar-refractivity contribution in [3.8, 4) is 0 Å². The summed E-state index contributed by atoms with van der Waals surface area (Å²) in [6.07, 6.45) is 9.60. The summed E-state index contributed by atoms with van der Waals surface area (Å²) in [4.78, 5) is 37.4. The Hall–Kier alpha value is -2.35. The minimum Gasteiger partial charge on any atom is -0.461 e. The molecule has 0 aliphatic heterocycles. The Bertz CT molecular complexity index is 1230. The maximum absolute atomic E-state index is 13.3. The van der Waals surface area contributed by atoms with Crippen molar-refractivity contribution in [2.45, 2.75) is 142 Å². The van der Waals surface area contributed by atoms with Gasteiger partial charge in [0.25, 0.3) is 0 Å². The zero-order chi connectivity index (χ0) is 31.4. The second-order valence-electron chi connectivity index (χ2n) is 16.0. The third-order valence-electron chi connectivity index (χ3n) is 11.9. The first-order valence-corrected chi connectivity index (χ1v) is 16.6. The van der Waals surface area contributed by atoms with E-state index in [9.17, 15) is 19.5 Å². The van der Waals surface area contributed by atoms with E-state index in [1.54, 1.807) is 27.0 Å². The second-order valence-corrected chi connectivity index (χ2v) is 16.0. The summed E-state index contributed by atoms with van der Waals surface area (Å²) in [5.74, 6) is 1.10. The minimum absolute atomic E-state index is 0.0899. The zero-order valence-corrected chi connectivity index (χ0v) is 27.2. The highest BCUT2D eigenvalue weighted by Gasteiger charge is 2.67. The van der Waals surface area contributed by atoms with Gasteiger partial charge in [-0.05, 0) is 132 Å². The predicted octanol–water partition coefficient (Wildman–Crippen LogP) is 6.73. The average Bonchev–Trinajstić information content (AvgIpc) is 3.18. The van der Waals surface area contributed by atoms with Gasteiger partial charge in [-0.1, -0.05) is 27.7 Å². The zero-order valence-electron chi connectivity index (χ0n) is 27.2. The molecule has 8 nitrogen and oxygen atoms in total. The van der Waals surface area contributed by atoms with E-state index in [-0.39, 0.29) is 46.3 Å². The number of aliphatic hydroxyl groups is 1. The molecule has 0 radical (unpaired) electrons. The van der Waals surface area contributed by atoms with Crippen LogP contribution in [0.1, 0.15) is 124 Å². The number of esters is 1. The summed E-state index contributed by atoms with van der Waals surface area (Å²) in [6, 6.07) is 2.64. The summed E-state index contributed by atoms with van der Waals surface area (Å²) in [7, 11) is 0. The van der Waals surface area contributed by atoms with Crippen LogP contribution in [0.5, 0.6) is 0 Å². The molecule has 0 bridgehead atoms. The number of amides is 1. The molecule has 1 aromatic rings. The molecule has 0 aromatic carbocycles. The number of carbonyl (C=O) groups is 2. The van der Waals surface area contributed by atoms with Crippen LogP contribution in [0.2, 0.25) is 0 Å². The number of fused-ring (bicyclic) bond motifs is 5. The van der Waals surface area contributed by atoms with E-state index in [0.29, 0.717) is 18.3 Å². The summed E-state index contributed by atoms with van der Waals surface area (Å²) >= 11 is 0. The smallest absolute Gasteiger partial charge is 0.408 e. The lowest BCUT2D eigenvalue weighted by Crippen LogP contribution is -2.62.